The molecule has 0 aliphatic carbocycles. The molecule has 0 radical (unpaired) electrons. The van der Waals surface area contributed by atoms with E-state index in [-0.39, 0.29) is 10.6 Å². The topological polar surface area (TPSA) is 55.2 Å². The predicted molar refractivity (Wildman–Crippen MR) is 85.8 cm³/mol. The largest absolute Gasteiger partial charge is 0.385 e. The summed E-state index contributed by atoms with van der Waals surface area (Å²) < 4.78 is 0. The Hall–Kier alpha value is -2.36. The average Bonchev–Trinajstić information content (AvgIpc) is 2.48. The van der Waals surface area contributed by atoms with E-state index in [9.17, 15) is 10.1 Å². The fourth-order valence-electron chi connectivity index (χ4n) is 2.23. The summed E-state index contributed by atoms with van der Waals surface area (Å²) in [5.41, 5.74) is 3.29. The summed E-state index contributed by atoms with van der Waals surface area (Å²) in [4.78, 5) is 10.6. The first kappa shape index (κ1) is 15.0. The molecular formula is C17H20N2O2. The van der Waals surface area contributed by atoms with Crippen LogP contribution < -0.4 is 5.32 Å². The van der Waals surface area contributed by atoms with Crippen molar-refractivity contribution in [1.29, 1.82) is 0 Å². The summed E-state index contributed by atoms with van der Waals surface area (Å²) in [5.74, 6) is 0.519. The minimum Gasteiger partial charge on any atom is -0.385 e. The van der Waals surface area contributed by atoms with Crippen molar-refractivity contribution in [1.82, 2.24) is 0 Å². The third kappa shape index (κ3) is 4.05. The second-order valence-electron chi connectivity index (χ2n) is 5.34. The van der Waals surface area contributed by atoms with Gasteiger partial charge in [-0.1, -0.05) is 44.2 Å². The first-order valence-corrected chi connectivity index (χ1v) is 7.14. The second kappa shape index (κ2) is 6.88. The van der Waals surface area contributed by atoms with E-state index in [0.29, 0.717) is 18.9 Å². The number of hydrogen-bond acceptors (Lipinski definition) is 3. The van der Waals surface area contributed by atoms with Crippen LogP contribution in [0.2, 0.25) is 0 Å². The fraction of sp³-hybridized carbons (Fsp3) is 0.294. The molecule has 0 spiro atoms. The molecule has 0 fully saturated rings. The second-order valence-corrected chi connectivity index (χ2v) is 5.34. The van der Waals surface area contributed by atoms with Gasteiger partial charge >= 0.3 is 0 Å². The Labute approximate surface area is 125 Å². The highest BCUT2D eigenvalue weighted by Crippen LogP contribution is 2.19. The van der Waals surface area contributed by atoms with Crippen LogP contribution >= 0.6 is 0 Å². The molecule has 0 aliphatic rings. The van der Waals surface area contributed by atoms with Gasteiger partial charge in [0, 0.05) is 23.9 Å². The quantitative estimate of drug-likeness (QED) is 0.633. The van der Waals surface area contributed by atoms with Crippen molar-refractivity contribution in [2.24, 2.45) is 0 Å². The maximum absolute atomic E-state index is 10.9. The maximum Gasteiger partial charge on any atom is 0.272 e. The first-order chi connectivity index (χ1) is 10.1. The molecule has 2 aromatic carbocycles. The zero-order chi connectivity index (χ0) is 15.2. The molecule has 0 atom stereocenters. The Morgan fingerprint density at radius 1 is 1.10 bits per heavy atom. The number of nitro benzene ring substituents is 1. The summed E-state index contributed by atoms with van der Waals surface area (Å²) in [5, 5.41) is 14.2. The monoisotopic (exact) mass is 284 g/mol. The number of hydrogen-bond donors (Lipinski definition) is 1. The highest BCUT2D eigenvalue weighted by Gasteiger charge is 2.11. The van der Waals surface area contributed by atoms with Crippen molar-refractivity contribution in [2.45, 2.75) is 26.2 Å². The number of anilines is 1. The maximum atomic E-state index is 10.9. The van der Waals surface area contributed by atoms with Gasteiger partial charge in [-0.25, -0.2) is 0 Å². The molecule has 0 aliphatic heterocycles. The molecule has 110 valence electrons. The third-order valence-corrected chi connectivity index (χ3v) is 3.49. The Bertz CT molecular complexity index is 606. The van der Waals surface area contributed by atoms with E-state index < -0.39 is 0 Å². The molecule has 1 N–H and O–H groups in total. The van der Waals surface area contributed by atoms with E-state index in [4.69, 9.17) is 0 Å². The third-order valence-electron chi connectivity index (χ3n) is 3.49. The van der Waals surface area contributed by atoms with Crippen LogP contribution in [0.1, 0.15) is 30.9 Å². The minimum absolute atomic E-state index is 0.189. The van der Waals surface area contributed by atoms with Crippen molar-refractivity contribution in [3.8, 4) is 0 Å². The van der Waals surface area contributed by atoms with Crippen molar-refractivity contribution in [3.63, 3.8) is 0 Å². The van der Waals surface area contributed by atoms with E-state index in [1.165, 1.54) is 5.56 Å². The lowest BCUT2D eigenvalue weighted by molar-refractivity contribution is -0.385. The molecule has 4 heteroatoms. The fourth-order valence-corrected chi connectivity index (χ4v) is 2.23. The lowest BCUT2D eigenvalue weighted by Gasteiger charge is -2.09. The SMILES string of the molecule is CC(C)c1ccc(NCCc2ccccc2[N+](=O)[O-])cc1. The number of benzene rings is 2. The van der Waals surface area contributed by atoms with Crippen LogP contribution in [0.5, 0.6) is 0 Å². The summed E-state index contributed by atoms with van der Waals surface area (Å²) >= 11 is 0. The summed E-state index contributed by atoms with van der Waals surface area (Å²) in [6.07, 6.45) is 0.628. The van der Waals surface area contributed by atoms with Gasteiger partial charge in [-0.3, -0.25) is 10.1 Å². The number of rotatable bonds is 6. The molecule has 0 bridgehead atoms. The molecule has 2 aromatic rings. The zero-order valence-corrected chi connectivity index (χ0v) is 12.4. The van der Waals surface area contributed by atoms with Gasteiger partial charge in [-0.15, -0.1) is 0 Å². The van der Waals surface area contributed by atoms with Crippen LogP contribution in [0.25, 0.3) is 0 Å². The van der Waals surface area contributed by atoms with Crippen LogP contribution in [0.15, 0.2) is 48.5 Å². The molecule has 4 nitrogen and oxygen atoms in total. The molecule has 0 unspecified atom stereocenters. The van der Waals surface area contributed by atoms with Crippen molar-refractivity contribution >= 4 is 11.4 Å². The Morgan fingerprint density at radius 3 is 2.38 bits per heavy atom. The molecule has 21 heavy (non-hydrogen) atoms. The number of nitro groups is 1. The van der Waals surface area contributed by atoms with Gasteiger partial charge < -0.3 is 5.32 Å². The normalized spacial score (nSPS) is 10.6. The Balaban J connectivity index is 1.94. The molecule has 0 saturated carbocycles. The molecule has 0 amide bonds. The van der Waals surface area contributed by atoms with E-state index >= 15 is 0 Å². The van der Waals surface area contributed by atoms with Gasteiger partial charge in [0.05, 0.1) is 4.92 Å². The molecule has 0 saturated heterocycles. The average molecular weight is 284 g/mol. The standard InChI is InChI=1S/C17H20N2O2/c1-13(2)14-7-9-16(10-8-14)18-12-11-15-5-3-4-6-17(15)19(20)21/h3-10,13,18H,11-12H2,1-2H3. The smallest absolute Gasteiger partial charge is 0.272 e. The van der Waals surface area contributed by atoms with Gasteiger partial charge in [0.1, 0.15) is 0 Å². The lowest BCUT2D eigenvalue weighted by atomic mass is 10.0. The highest BCUT2D eigenvalue weighted by atomic mass is 16.6. The predicted octanol–water partition coefficient (Wildman–Crippen LogP) is 4.37. The van der Waals surface area contributed by atoms with Crippen LogP contribution in [0.3, 0.4) is 0 Å². The Kier molecular flexibility index (Phi) is 4.93. The van der Waals surface area contributed by atoms with Crippen molar-refractivity contribution in [3.05, 3.63) is 69.8 Å². The zero-order valence-electron chi connectivity index (χ0n) is 12.4. The van der Waals surface area contributed by atoms with E-state index in [1.807, 2.05) is 12.1 Å². The van der Waals surface area contributed by atoms with Crippen molar-refractivity contribution in [2.75, 3.05) is 11.9 Å². The van der Waals surface area contributed by atoms with Gasteiger partial charge in [-0.2, -0.15) is 0 Å². The summed E-state index contributed by atoms with van der Waals surface area (Å²) in [6, 6.07) is 15.2. The molecule has 0 aromatic heterocycles. The Morgan fingerprint density at radius 2 is 1.76 bits per heavy atom. The number of nitrogens with one attached hydrogen (secondary N) is 1. The van der Waals surface area contributed by atoms with E-state index in [0.717, 1.165) is 11.3 Å². The lowest BCUT2D eigenvalue weighted by Crippen LogP contribution is -2.06. The summed E-state index contributed by atoms with van der Waals surface area (Å²) in [7, 11) is 0. The van der Waals surface area contributed by atoms with Crippen LogP contribution in [-0.2, 0) is 6.42 Å². The van der Waals surface area contributed by atoms with Gasteiger partial charge in [0.15, 0.2) is 0 Å². The van der Waals surface area contributed by atoms with Crippen LogP contribution in [0.4, 0.5) is 11.4 Å². The first-order valence-electron chi connectivity index (χ1n) is 7.14. The van der Waals surface area contributed by atoms with Gasteiger partial charge in [-0.05, 0) is 30.0 Å². The van der Waals surface area contributed by atoms with E-state index in [1.54, 1.807) is 12.1 Å². The van der Waals surface area contributed by atoms with E-state index in [2.05, 4.69) is 43.4 Å². The summed E-state index contributed by atoms with van der Waals surface area (Å²) in [6.45, 7) is 5.00. The molecular weight excluding hydrogens is 264 g/mol. The van der Waals surface area contributed by atoms with Crippen LogP contribution in [0, 0.1) is 10.1 Å². The molecule has 2 rings (SSSR count). The van der Waals surface area contributed by atoms with Crippen LogP contribution in [-0.4, -0.2) is 11.5 Å². The minimum atomic E-state index is -0.327. The molecule has 0 heterocycles. The highest BCUT2D eigenvalue weighted by molar-refractivity contribution is 5.46. The number of para-hydroxylation sites is 1. The van der Waals surface area contributed by atoms with Gasteiger partial charge in [0.2, 0.25) is 0 Å². The number of nitrogens with zero attached hydrogens (tertiary/aromatic N) is 1. The van der Waals surface area contributed by atoms with Gasteiger partial charge in [0.25, 0.3) is 5.69 Å². The van der Waals surface area contributed by atoms with Crippen molar-refractivity contribution < 1.29 is 4.92 Å².